The Bertz CT molecular complexity index is 3390. The molecule has 13 nitrogen and oxygen atoms in total. The number of pyridine rings is 1. The van der Waals surface area contributed by atoms with Crippen LogP contribution >= 0.6 is 0 Å². The first-order valence-electron chi connectivity index (χ1n) is 19.6. The zero-order valence-electron chi connectivity index (χ0n) is 34.1. The molecular weight excluding hydrogens is 881 g/mol. The van der Waals surface area contributed by atoms with E-state index in [-0.39, 0.29) is 33.9 Å². The fourth-order valence-corrected chi connectivity index (χ4v) is 6.62. The van der Waals surface area contributed by atoms with Crippen molar-refractivity contribution < 1.29 is 45.5 Å². The molecule has 0 bridgehead atoms. The van der Waals surface area contributed by atoms with Gasteiger partial charge in [-0.15, -0.1) is 0 Å². The number of aromatic nitrogens is 5. The summed E-state index contributed by atoms with van der Waals surface area (Å²) in [6, 6.07) is 23.0. The van der Waals surface area contributed by atoms with Crippen molar-refractivity contribution in [2.24, 2.45) is 0 Å². The monoisotopic (exact) mass is 909 g/mol. The molecule has 0 radical (unpaired) electrons. The fraction of sp³-hybridized carbons (Fsp3) is 0. The summed E-state index contributed by atoms with van der Waals surface area (Å²) in [5.74, 6) is -7.99. The topological polar surface area (TPSA) is 173 Å². The average molecular weight is 910 g/mol. The van der Waals surface area contributed by atoms with E-state index in [2.05, 4.69) is 41.2 Å². The number of urea groups is 2. The highest BCUT2D eigenvalue weighted by atomic mass is 19.2. The van der Waals surface area contributed by atoms with Crippen molar-refractivity contribution in [3.63, 3.8) is 0 Å². The minimum absolute atomic E-state index is 0.0990. The maximum absolute atomic E-state index is 14.6. The third kappa shape index (κ3) is 10.4. The van der Waals surface area contributed by atoms with Gasteiger partial charge in [0.2, 0.25) is 0 Å². The molecule has 0 aliphatic carbocycles. The van der Waals surface area contributed by atoms with Gasteiger partial charge in [0.1, 0.15) is 18.0 Å². The van der Waals surface area contributed by atoms with Crippen LogP contribution in [0.25, 0.3) is 27.5 Å². The van der Waals surface area contributed by atoms with Gasteiger partial charge in [-0.25, -0.2) is 50.9 Å². The SMILES string of the molecule is O=C(Nc1cccc(F)c1)Nc1cc(F)c(F)c(C(=O)c2ccc3ncc(-n4ccnc4)cc3c2)c1.O=C(Nc1cccc(F)c1)Nc1cc(F)c(F)c(C(=O)c2ccc3ncncc3c2)c1. The molecule has 19 heteroatoms. The highest BCUT2D eigenvalue weighted by Gasteiger charge is 2.22. The minimum Gasteiger partial charge on any atom is -0.308 e. The number of benzene rings is 6. The molecule has 0 fully saturated rings. The summed E-state index contributed by atoms with van der Waals surface area (Å²) in [6.45, 7) is 0. The number of rotatable bonds is 9. The van der Waals surface area contributed by atoms with Crippen LogP contribution in [0.15, 0.2) is 153 Å². The Morgan fingerprint density at radius 1 is 0.493 bits per heavy atom. The Morgan fingerprint density at radius 3 is 1.54 bits per heavy atom. The van der Waals surface area contributed by atoms with Gasteiger partial charge in [-0.3, -0.25) is 14.6 Å². The summed E-state index contributed by atoms with van der Waals surface area (Å²) in [4.78, 5) is 66.6. The van der Waals surface area contributed by atoms with E-state index < -0.39 is 69.7 Å². The Balaban J connectivity index is 0.000000184. The smallest absolute Gasteiger partial charge is 0.308 e. The zero-order valence-corrected chi connectivity index (χ0v) is 34.1. The number of carbonyl (C=O) groups is 4. The molecule has 3 aromatic heterocycles. The number of anilines is 4. The standard InChI is InChI=1S/C26H16F3N5O2.C22H13F3N4O2/c27-17-2-1-3-18(10-17)32-26(36)33-19-11-21(24(29)22(28)12-19)25(35)15-4-5-23-16(8-15)9-20(13-31-23)34-7-6-30-14-34;23-14-2-1-3-15(7-14)28-22(31)29-16-8-17(20(25)18(24)9-16)21(30)12-4-5-19-13(6-12)10-26-11-27-19/h1-14H,(H2,32,33,36);1-11H,(H2,28,29,31). The molecule has 3 heterocycles. The molecular formula is C48H29F6N9O4. The molecule has 9 aromatic rings. The summed E-state index contributed by atoms with van der Waals surface area (Å²) >= 11 is 0. The Kier molecular flexibility index (Phi) is 12.7. The average Bonchev–Trinajstić information content (AvgIpc) is 3.86. The molecule has 0 aliphatic heterocycles. The molecule has 0 unspecified atom stereocenters. The van der Waals surface area contributed by atoms with Crippen LogP contribution < -0.4 is 21.3 Å². The van der Waals surface area contributed by atoms with E-state index in [9.17, 15) is 45.5 Å². The first-order valence-corrected chi connectivity index (χ1v) is 19.6. The van der Waals surface area contributed by atoms with Crippen LogP contribution in [0.1, 0.15) is 31.8 Å². The first kappa shape index (κ1) is 44.4. The Morgan fingerprint density at radius 2 is 1.01 bits per heavy atom. The van der Waals surface area contributed by atoms with Crippen LogP contribution in [0, 0.1) is 34.9 Å². The van der Waals surface area contributed by atoms with Crippen molar-refractivity contribution in [3.05, 3.63) is 210 Å². The molecule has 0 atom stereocenters. The second-order valence-electron chi connectivity index (χ2n) is 14.3. The molecule has 4 amide bonds. The third-order valence-electron chi connectivity index (χ3n) is 9.72. The van der Waals surface area contributed by atoms with Gasteiger partial charge in [0.05, 0.1) is 40.4 Å². The number of hydrogen-bond donors (Lipinski definition) is 4. The van der Waals surface area contributed by atoms with E-state index >= 15 is 0 Å². The van der Waals surface area contributed by atoms with Crippen LogP contribution in [0.4, 0.5) is 58.7 Å². The van der Waals surface area contributed by atoms with Crippen molar-refractivity contribution in [2.45, 2.75) is 0 Å². The lowest BCUT2D eigenvalue weighted by molar-refractivity contribution is 0.102. The van der Waals surface area contributed by atoms with Gasteiger partial charge in [-0.05, 0) is 91.0 Å². The van der Waals surface area contributed by atoms with Gasteiger partial charge < -0.3 is 25.8 Å². The lowest BCUT2D eigenvalue weighted by atomic mass is 10.00. The fourth-order valence-electron chi connectivity index (χ4n) is 6.62. The minimum atomic E-state index is -1.35. The molecule has 0 saturated carbocycles. The summed E-state index contributed by atoms with van der Waals surface area (Å²) < 4.78 is 85.8. The van der Waals surface area contributed by atoms with Crippen molar-refractivity contribution in [2.75, 3.05) is 21.3 Å². The van der Waals surface area contributed by atoms with Gasteiger partial charge in [-0.2, -0.15) is 0 Å². The number of imidazole rings is 1. The van der Waals surface area contributed by atoms with Crippen LogP contribution in [0.5, 0.6) is 0 Å². The second kappa shape index (κ2) is 19.2. The number of ketones is 2. The lowest BCUT2D eigenvalue weighted by Gasteiger charge is -2.11. The summed E-state index contributed by atoms with van der Waals surface area (Å²) in [5, 5.41) is 10.5. The summed E-state index contributed by atoms with van der Waals surface area (Å²) in [6.07, 6.45) is 9.43. The predicted molar refractivity (Wildman–Crippen MR) is 236 cm³/mol. The molecule has 4 N–H and O–H groups in total. The van der Waals surface area contributed by atoms with Crippen LogP contribution in [-0.4, -0.2) is 48.1 Å². The number of hydrogen-bond acceptors (Lipinski definition) is 8. The van der Waals surface area contributed by atoms with Crippen molar-refractivity contribution >= 4 is 68.2 Å². The number of halogens is 6. The van der Waals surface area contributed by atoms with Gasteiger partial charge >= 0.3 is 12.1 Å². The molecule has 0 aliphatic rings. The molecule has 0 saturated heterocycles. The highest BCUT2D eigenvalue weighted by molar-refractivity contribution is 6.12. The van der Waals surface area contributed by atoms with Crippen molar-refractivity contribution in [1.29, 1.82) is 0 Å². The van der Waals surface area contributed by atoms with Crippen molar-refractivity contribution in [1.82, 2.24) is 24.5 Å². The number of nitrogens with one attached hydrogen (secondary N) is 4. The van der Waals surface area contributed by atoms with Crippen LogP contribution in [0.2, 0.25) is 0 Å². The van der Waals surface area contributed by atoms with Gasteiger partial charge in [-0.1, -0.05) is 12.1 Å². The number of nitrogens with zero attached hydrogens (tertiary/aromatic N) is 5. The Hall–Kier alpha value is -9.26. The highest BCUT2D eigenvalue weighted by Crippen LogP contribution is 2.26. The number of carbonyl (C=O) groups excluding carboxylic acids is 4. The van der Waals surface area contributed by atoms with Gasteiger partial charge in [0.25, 0.3) is 0 Å². The van der Waals surface area contributed by atoms with Gasteiger partial charge in [0.15, 0.2) is 34.8 Å². The molecule has 67 heavy (non-hydrogen) atoms. The predicted octanol–water partition coefficient (Wildman–Crippen LogP) is 10.6. The second-order valence-corrected chi connectivity index (χ2v) is 14.3. The van der Waals surface area contributed by atoms with Crippen molar-refractivity contribution in [3.8, 4) is 5.69 Å². The molecule has 6 aromatic carbocycles. The number of fused-ring (bicyclic) bond motifs is 2. The normalized spacial score (nSPS) is 10.8. The van der Waals surface area contributed by atoms with E-state index in [0.29, 0.717) is 27.5 Å². The number of amides is 4. The summed E-state index contributed by atoms with van der Waals surface area (Å²) in [7, 11) is 0. The lowest BCUT2D eigenvalue weighted by Crippen LogP contribution is -2.20. The molecule has 9 rings (SSSR count). The Labute approximate surface area is 374 Å². The maximum atomic E-state index is 14.6. The van der Waals surface area contributed by atoms with E-state index in [1.54, 1.807) is 47.7 Å². The van der Waals surface area contributed by atoms with Gasteiger partial charge in [0, 0.05) is 75.4 Å². The maximum Gasteiger partial charge on any atom is 0.323 e. The van der Waals surface area contributed by atoms with E-state index in [0.717, 1.165) is 36.4 Å². The van der Waals surface area contributed by atoms with E-state index in [1.165, 1.54) is 73.2 Å². The summed E-state index contributed by atoms with van der Waals surface area (Å²) in [5.41, 5.74) is 0.990. The third-order valence-corrected chi connectivity index (χ3v) is 9.72. The molecule has 332 valence electrons. The quantitative estimate of drug-likeness (QED) is 0.0818. The van der Waals surface area contributed by atoms with E-state index in [1.807, 2.05) is 0 Å². The van der Waals surface area contributed by atoms with Crippen LogP contribution in [0.3, 0.4) is 0 Å². The zero-order chi connectivity index (χ0) is 47.2. The first-order chi connectivity index (χ1) is 32.3. The van der Waals surface area contributed by atoms with E-state index in [4.69, 9.17) is 0 Å². The largest absolute Gasteiger partial charge is 0.323 e. The van der Waals surface area contributed by atoms with Crippen LogP contribution in [-0.2, 0) is 0 Å². The molecule has 0 spiro atoms.